The second kappa shape index (κ2) is 5.60. The molecule has 1 aromatic heterocycles. The standard InChI is InChI=1S/C12H22N6S/c1-3-16-5-8-17(9-6-16)11-13-14-12(19-11)18-7-4-15(2)10-18/h3-10H2,1-2H3. The number of rotatable bonds is 3. The Hall–Kier alpha value is -0.920. The molecule has 0 aromatic carbocycles. The highest BCUT2D eigenvalue weighted by Crippen LogP contribution is 2.28. The quantitative estimate of drug-likeness (QED) is 0.798. The van der Waals surface area contributed by atoms with Crippen molar-refractivity contribution in [2.75, 3.05) is 69.3 Å². The van der Waals surface area contributed by atoms with E-state index < -0.39 is 0 Å². The second-order valence-electron chi connectivity index (χ2n) is 5.27. The number of hydrogen-bond acceptors (Lipinski definition) is 7. The Bertz CT molecular complexity index is 414. The zero-order valence-electron chi connectivity index (χ0n) is 11.7. The molecule has 0 saturated carbocycles. The molecule has 0 atom stereocenters. The first kappa shape index (κ1) is 13.1. The number of aromatic nitrogens is 2. The first-order valence-corrected chi connectivity index (χ1v) is 7.82. The van der Waals surface area contributed by atoms with Crippen molar-refractivity contribution in [3.8, 4) is 0 Å². The third kappa shape index (κ3) is 2.82. The van der Waals surface area contributed by atoms with Gasteiger partial charge in [0.1, 0.15) is 0 Å². The molecule has 2 aliphatic heterocycles. The van der Waals surface area contributed by atoms with Crippen LogP contribution in [0.25, 0.3) is 0 Å². The molecule has 0 spiro atoms. The number of anilines is 2. The fourth-order valence-electron chi connectivity index (χ4n) is 2.60. The van der Waals surface area contributed by atoms with Crippen molar-refractivity contribution < 1.29 is 0 Å². The van der Waals surface area contributed by atoms with Gasteiger partial charge in [0.25, 0.3) is 0 Å². The average Bonchev–Trinajstić information content (AvgIpc) is 3.07. The monoisotopic (exact) mass is 282 g/mol. The van der Waals surface area contributed by atoms with E-state index in [0.29, 0.717) is 0 Å². The summed E-state index contributed by atoms with van der Waals surface area (Å²) in [7, 11) is 2.14. The summed E-state index contributed by atoms with van der Waals surface area (Å²) in [6.45, 7) is 10.9. The lowest BCUT2D eigenvalue weighted by molar-refractivity contribution is 0.271. The number of piperazine rings is 1. The Kier molecular flexibility index (Phi) is 3.86. The van der Waals surface area contributed by atoms with Gasteiger partial charge in [0.05, 0.1) is 6.67 Å². The van der Waals surface area contributed by atoms with E-state index in [1.807, 2.05) is 0 Å². The van der Waals surface area contributed by atoms with E-state index in [2.05, 4.69) is 43.8 Å². The van der Waals surface area contributed by atoms with Crippen LogP contribution < -0.4 is 9.80 Å². The Labute approximate surface area is 118 Å². The van der Waals surface area contributed by atoms with Crippen LogP contribution in [0, 0.1) is 0 Å². The van der Waals surface area contributed by atoms with E-state index in [-0.39, 0.29) is 0 Å². The Morgan fingerprint density at radius 2 is 1.58 bits per heavy atom. The molecule has 0 amide bonds. The van der Waals surface area contributed by atoms with Crippen molar-refractivity contribution in [2.45, 2.75) is 6.92 Å². The van der Waals surface area contributed by atoms with Crippen LogP contribution in [-0.2, 0) is 0 Å². The Morgan fingerprint density at radius 1 is 0.947 bits per heavy atom. The van der Waals surface area contributed by atoms with E-state index in [4.69, 9.17) is 0 Å². The molecule has 0 N–H and O–H groups in total. The molecule has 2 saturated heterocycles. The van der Waals surface area contributed by atoms with Gasteiger partial charge in [-0.3, -0.25) is 4.90 Å². The summed E-state index contributed by atoms with van der Waals surface area (Å²) < 4.78 is 0. The van der Waals surface area contributed by atoms with Crippen molar-refractivity contribution in [1.82, 2.24) is 20.0 Å². The normalized spacial score (nSPS) is 22.4. The van der Waals surface area contributed by atoms with Crippen LogP contribution in [0.1, 0.15) is 6.92 Å². The first-order valence-electron chi connectivity index (χ1n) is 7.00. The molecule has 3 heterocycles. The molecule has 0 bridgehead atoms. The number of hydrogen-bond donors (Lipinski definition) is 0. The highest BCUT2D eigenvalue weighted by atomic mass is 32.1. The summed E-state index contributed by atoms with van der Waals surface area (Å²) in [5.41, 5.74) is 0. The van der Waals surface area contributed by atoms with Gasteiger partial charge in [0.15, 0.2) is 0 Å². The van der Waals surface area contributed by atoms with Gasteiger partial charge in [-0.2, -0.15) is 0 Å². The van der Waals surface area contributed by atoms with Gasteiger partial charge in [-0.25, -0.2) is 0 Å². The molecular formula is C12H22N6S. The molecule has 1 aromatic rings. The van der Waals surface area contributed by atoms with Crippen LogP contribution in [-0.4, -0.2) is 79.5 Å². The lowest BCUT2D eigenvalue weighted by atomic mass is 10.3. The maximum absolute atomic E-state index is 4.38. The lowest BCUT2D eigenvalue weighted by Gasteiger charge is -2.33. The predicted molar refractivity (Wildman–Crippen MR) is 79.1 cm³/mol. The zero-order valence-corrected chi connectivity index (χ0v) is 12.6. The summed E-state index contributed by atoms with van der Waals surface area (Å²) in [4.78, 5) is 9.46. The minimum atomic E-state index is 0.970. The fourth-order valence-corrected chi connectivity index (χ4v) is 3.52. The van der Waals surface area contributed by atoms with E-state index in [1.54, 1.807) is 11.3 Å². The molecule has 7 heteroatoms. The SMILES string of the molecule is CCN1CCN(c2nnc(N3CCN(C)C3)s2)CC1. The van der Waals surface area contributed by atoms with Crippen molar-refractivity contribution >= 4 is 21.6 Å². The Balaban J connectivity index is 1.62. The van der Waals surface area contributed by atoms with Crippen LogP contribution in [0.3, 0.4) is 0 Å². The molecule has 0 radical (unpaired) electrons. The van der Waals surface area contributed by atoms with E-state index in [9.17, 15) is 0 Å². The van der Waals surface area contributed by atoms with Gasteiger partial charge in [-0.1, -0.05) is 18.3 Å². The van der Waals surface area contributed by atoms with Crippen LogP contribution in [0.5, 0.6) is 0 Å². The molecule has 2 fully saturated rings. The minimum Gasteiger partial charge on any atom is -0.344 e. The molecule has 6 nitrogen and oxygen atoms in total. The summed E-state index contributed by atoms with van der Waals surface area (Å²) >= 11 is 1.73. The highest BCUT2D eigenvalue weighted by molar-refractivity contribution is 7.19. The zero-order chi connectivity index (χ0) is 13.2. The van der Waals surface area contributed by atoms with Gasteiger partial charge < -0.3 is 14.7 Å². The third-order valence-corrected chi connectivity index (χ3v) is 4.97. The molecule has 106 valence electrons. The highest BCUT2D eigenvalue weighted by Gasteiger charge is 2.23. The van der Waals surface area contributed by atoms with Gasteiger partial charge in [-0.15, -0.1) is 10.2 Å². The maximum Gasteiger partial charge on any atom is 0.211 e. The second-order valence-corrected chi connectivity index (χ2v) is 6.21. The smallest absolute Gasteiger partial charge is 0.211 e. The van der Waals surface area contributed by atoms with Crippen molar-refractivity contribution in [1.29, 1.82) is 0 Å². The summed E-state index contributed by atoms with van der Waals surface area (Å²) in [5, 5.41) is 10.9. The van der Waals surface area contributed by atoms with Crippen LogP contribution in [0.2, 0.25) is 0 Å². The van der Waals surface area contributed by atoms with Crippen LogP contribution in [0.4, 0.5) is 10.3 Å². The van der Waals surface area contributed by atoms with Crippen molar-refractivity contribution in [3.63, 3.8) is 0 Å². The summed E-state index contributed by atoms with van der Waals surface area (Å²) in [5.74, 6) is 0. The van der Waals surface area contributed by atoms with Crippen LogP contribution >= 0.6 is 11.3 Å². The van der Waals surface area contributed by atoms with Gasteiger partial charge in [0.2, 0.25) is 10.3 Å². The average molecular weight is 282 g/mol. The van der Waals surface area contributed by atoms with Gasteiger partial charge >= 0.3 is 0 Å². The Morgan fingerprint density at radius 3 is 2.16 bits per heavy atom. The lowest BCUT2D eigenvalue weighted by Crippen LogP contribution is -2.46. The largest absolute Gasteiger partial charge is 0.344 e. The van der Waals surface area contributed by atoms with Crippen molar-refractivity contribution in [2.24, 2.45) is 0 Å². The topological polar surface area (TPSA) is 38.7 Å². The van der Waals surface area contributed by atoms with E-state index in [0.717, 1.165) is 62.7 Å². The van der Waals surface area contributed by atoms with Gasteiger partial charge in [0, 0.05) is 39.3 Å². The first-order chi connectivity index (χ1) is 9.26. The molecule has 2 aliphatic rings. The van der Waals surface area contributed by atoms with Gasteiger partial charge in [-0.05, 0) is 13.6 Å². The molecule has 0 aliphatic carbocycles. The molecule has 0 unspecified atom stereocenters. The predicted octanol–water partition coefficient (Wildman–Crippen LogP) is 0.389. The molecule has 19 heavy (non-hydrogen) atoms. The summed E-state index contributed by atoms with van der Waals surface area (Å²) in [6.07, 6.45) is 0. The molecule has 3 rings (SSSR count). The van der Waals surface area contributed by atoms with E-state index in [1.165, 1.54) is 0 Å². The third-order valence-electron chi connectivity index (χ3n) is 3.93. The number of nitrogens with zero attached hydrogens (tertiary/aromatic N) is 6. The summed E-state index contributed by atoms with van der Waals surface area (Å²) in [6, 6.07) is 0. The van der Waals surface area contributed by atoms with E-state index >= 15 is 0 Å². The van der Waals surface area contributed by atoms with Crippen molar-refractivity contribution in [3.05, 3.63) is 0 Å². The fraction of sp³-hybridized carbons (Fsp3) is 0.833. The number of likely N-dealkylation sites (N-methyl/N-ethyl adjacent to an activating group) is 2. The minimum absolute atomic E-state index is 0.970. The maximum atomic E-state index is 4.38. The molecular weight excluding hydrogens is 260 g/mol. The van der Waals surface area contributed by atoms with Crippen LogP contribution in [0.15, 0.2) is 0 Å².